The van der Waals surface area contributed by atoms with Crippen LogP contribution in [-0.4, -0.2) is 24.9 Å². The van der Waals surface area contributed by atoms with Crippen molar-refractivity contribution in [2.24, 2.45) is 0 Å². The molecule has 0 amide bonds. The molecule has 0 heterocycles. The van der Waals surface area contributed by atoms with Crippen molar-refractivity contribution >= 4 is 7.95 Å². The topological polar surface area (TPSA) is 20.3 Å². The zero-order valence-electron chi connectivity index (χ0n) is 5.06. The molecular formula is C4H12NOP. The SMILES string of the molecule is CCN(C)[PH](C)=O. The van der Waals surface area contributed by atoms with Crippen molar-refractivity contribution in [2.45, 2.75) is 6.92 Å². The number of hydrogen-bond donors (Lipinski definition) is 0. The minimum Gasteiger partial charge on any atom is -0.310 e. The summed E-state index contributed by atoms with van der Waals surface area (Å²) in [6.07, 6.45) is 0. The molecule has 0 aliphatic heterocycles. The van der Waals surface area contributed by atoms with Gasteiger partial charge in [0.15, 0.2) is 0 Å². The molecule has 0 saturated heterocycles. The highest BCUT2D eigenvalue weighted by molar-refractivity contribution is 7.40. The largest absolute Gasteiger partial charge is 0.310 e. The van der Waals surface area contributed by atoms with Gasteiger partial charge in [-0.2, -0.15) is 0 Å². The first-order valence-electron chi connectivity index (χ1n) is 2.40. The van der Waals surface area contributed by atoms with E-state index >= 15 is 0 Å². The normalized spacial score (nSPS) is 14.9. The minimum absolute atomic E-state index is 0.883. The van der Waals surface area contributed by atoms with Crippen LogP contribution in [0.15, 0.2) is 0 Å². The Bertz CT molecular complexity index is 74.1. The van der Waals surface area contributed by atoms with E-state index < -0.39 is 7.95 Å². The van der Waals surface area contributed by atoms with Crippen LogP contribution in [0.2, 0.25) is 0 Å². The summed E-state index contributed by atoms with van der Waals surface area (Å²) in [5.41, 5.74) is 0. The second-order valence-corrected chi connectivity index (χ2v) is 3.33. The molecular weight excluding hydrogens is 109 g/mol. The maximum atomic E-state index is 10.5. The van der Waals surface area contributed by atoms with Crippen LogP contribution in [-0.2, 0) is 4.57 Å². The Labute approximate surface area is 45.4 Å². The summed E-state index contributed by atoms with van der Waals surface area (Å²) in [6, 6.07) is 0. The predicted molar refractivity (Wildman–Crippen MR) is 33.2 cm³/mol. The lowest BCUT2D eigenvalue weighted by molar-refractivity contribution is 0.508. The predicted octanol–water partition coefficient (Wildman–Crippen LogP) is 1.04. The maximum Gasteiger partial charge on any atom is 0.135 e. The van der Waals surface area contributed by atoms with Crippen LogP contribution >= 0.6 is 7.95 Å². The average molecular weight is 121 g/mol. The summed E-state index contributed by atoms with van der Waals surface area (Å²) >= 11 is 0. The van der Waals surface area contributed by atoms with E-state index in [1.54, 1.807) is 6.66 Å². The van der Waals surface area contributed by atoms with Gasteiger partial charge in [0.1, 0.15) is 7.95 Å². The van der Waals surface area contributed by atoms with Gasteiger partial charge in [-0.1, -0.05) is 6.92 Å². The van der Waals surface area contributed by atoms with E-state index in [0.717, 1.165) is 6.54 Å². The zero-order chi connectivity index (χ0) is 5.86. The van der Waals surface area contributed by atoms with E-state index in [-0.39, 0.29) is 0 Å². The molecule has 3 heteroatoms. The highest BCUT2D eigenvalue weighted by Gasteiger charge is 1.93. The first kappa shape index (κ1) is 7.19. The number of nitrogens with zero attached hydrogens (tertiary/aromatic N) is 1. The van der Waals surface area contributed by atoms with Gasteiger partial charge in [-0.25, -0.2) is 0 Å². The second-order valence-electron chi connectivity index (χ2n) is 1.53. The van der Waals surface area contributed by atoms with Crippen molar-refractivity contribution in [2.75, 3.05) is 20.3 Å². The van der Waals surface area contributed by atoms with Gasteiger partial charge in [-0.15, -0.1) is 0 Å². The summed E-state index contributed by atoms with van der Waals surface area (Å²) in [4.78, 5) is 0. The van der Waals surface area contributed by atoms with E-state index in [1.165, 1.54) is 0 Å². The van der Waals surface area contributed by atoms with Crippen molar-refractivity contribution in [3.8, 4) is 0 Å². The smallest absolute Gasteiger partial charge is 0.135 e. The van der Waals surface area contributed by atoms with E-state index in [9.17, 15) is 4.57 Å². The van der Waals surface area contributed by atoms with Crippen LogP contribution in [0.5, 0.6) is 0 Å². The van der Waals surface area contributed by atoms with Gasteiger partial charge in [-0.05, 0) is 13.7 Å². The molecule has 0 aliphatic carbocycles. The molecule has 0 aromatic carbocycles. The van der Waals surface area contributed by atoms with Crippen molar-refractivity contribution in [3.05, 3.63) is 0 Å². The molecule has 1 atom stereocenters. The summed E-state index contributed by atoms with van der Waals surface area (Å²) in [7, 11) is 0.483. The van der Waals surface area contributed by atoms with E-state index in [1.807, 2.05) is 18.6 Å². The molecule has 0 aliphatic rings. The Morgan fingerprint density at radius 3 is 2.14 bits per heavy atom. The van der Waals surface area contributed by atoms with Gasteiger partial charge < -0.3 is 4.57 Å². The first-order chi connectivity index (χ1) is 3.18. The van der Waals surface area contributed by atoms with Crippen molar-refractivity contribution in [1.82, 2.24) is 4.67 Å². The number of rotatable bonds is 2. The fourth-order valence-corrected chi connectivity index (χ4v) is 0.668. The fourth-order valence-electron chi connectivity index (χ4n) is 0.223. The molecule has 0 N–H and O–H groups in total. The minimum atomic E-state index is -1.38. The molecule has 0 rings (SSSR count). The molecule has 0 saturated carbocycles. The Hall–Kier alpha value is 0.190. The Kier molecular flexibility index (Phi) is 3.31. The first-order valence-corrected chi connectivity index (χ1v) is 4.25. The third-order valence-corrected chi connectivity index (χ3v) is 2.40. The van der Waals surface area contributed by atoms with Crippen molar-refractivity contribution in [1.29, 1.82) is 0 Å². The van der Waals surface area contributed by atoms with Gasteiger partial charge in [0.2, 0.25) is 0 Å². The molecule has 0 bridgehead atoms. The van der Waals surface area contributed by atoms with Crippen LogP contribution in [0, 0.1) is 0 Å². The monoisotopic (exact) mass is 121 g/mol. The van der Waals surface area contributed by atoms with E-state index in [2.05, 4.69) is 0 Å². The van der Waals surface area contributed by atoms with Crippen molar-refractivity contribution in [3.63, 3.8) is 0 Å². The van der Waals surface area contributed by atoms with Gasteiger partial charge in [-0.3, -0.25) is 4.67 Å². The quantitative estimate of drug-likeness (QED) is 0.509. The van der Waals surface area contributed by atoms with Crippen molar-refractivity contribution < 1.29 is 4.57 Å². The zero-order valence-corrected chi connectivity index (χ0v) is 6.06. The van der Waals surface area contributed by atoms with Gasteiger partial charge in [0.25, 0.3) is 0 Å². The average Bonchev–Trinajstić information content (AvgIpc) is 1.65. The summed E-state index contributed by atoms with van der Waals surface area (Å²) in [5, 5.41) is 0. The maximum absolute atomic E-state index is 10.5. The lowest BCUT2D eigenvalue weighted by atomic mass is 10.8. The highest BCUT2D eigenvalue weighted by Crippen LogP contribution is 2.16. The molecule has 1 unspecified atom stereocenters. The van der Waals surface area contributed by atoms with Gasteiger partial charge >= 0.3 is 0 Å². The van der Waals surface area contributed by atoms with Crippen LogP contribution in [0.3, 0.4) is 0 Å². The Balaban J connectivity index is 3.34. The van der Waals surface area contributed by atoms with Gasteiger partial charge in [0.05, 0.1) is 0 Å². The van der Waals surface area contributed by atoms with Crippen LogP contribution < -0.4 is 0 Å². The molecule has 0 spiro atoms. The molecule has 44 valence electrons. The Morgan fingerprint density at radius 1 is 1.71 bits per heavy atom. The van der Waals surface area contributed by atoms with E-state index in [0.29, 0.717) is 0 Å². The molecule has 0 fully saturated rings. The summed E-state index contributed by atoms with van der Waals surface area (Å²) < 4.78 is 12.3. The highest BCUT2D eigenvalue weighted by atomic mass is 31.1. The Morgan fingerprint density at radius 2 is 2.14 bits per heavy atom. The van der Waals surface area contributed by atoms with Crippen LogP contribution in [0.4, 0.5) is 0 Å². The molecule has 2 nitrogen and oxygen atoms in total. The second kappa shape index (κ2) is 3.23. The lowest BCUT2D eigenvalue weighted by Crippen LogP contribution is -2.05. The molecule has 0 aromatic rings. The third-order valence-electron chi connectivity index (χ3n) is 1.01. The standard InChI is InChI=1S/C4H12NOP/c1-4-5(2)7(3)6/h7H,4H2,1-3H3. The fraction of sp³-hybridized carbons (Fsp3) is 1.00. The van der Waals surface area contributed by atoms with Gasteiger partial charge in [0, 0.05) is 6.54 Å². The van der Waals surface area contributed by atoms with Crippen LogP contribution in [0.25, 0.3) is 0 Å². The third kappa shape index (κ3) is 2.84. The molecule has 7 heavy (non-hydrogen) atoms. The lowest BCUT2D eigenvalue weighted by Gasteiger charge is -2.07. The van der Waals surface area contributed by atoms with Crippen LogP contribution in [0.1, 0.15) is 6.92 Å². The number of hydrogen-bond acceptors (Lipinski definition) is 1. The molecule has 0 radical (unpaired) electrons. The summed E-state index contributed by atoms with van der Waals surface area (Å²) in [5.74, 6) is 0. The van der Waals surface area contributed by atoms with E-state index in [4.69, 9.17) is 0 Å². The summed E-state index contributed by atoms with van der Waals surface area (Å²) in [6.45, 7) is 4.62. The molecule has 0 aromatic heterocycles.